The molecule has 0 atom stereocenters. The SMILES string of the molecule is Cl.Clc1ccc2c(c1)NCCCO2.N#Cc1ccc2c(c1)NCCCO2.NCc1ccc2c(c1)N(c1c(N)c(=O)c1=O)CCCO2.O=c1[nH]c2cc(Cl)ccc2o1. The van der Waals surface area contributed by atoms with Crippen molar-refractivity contribution in [3.05, 3.63) is 125 Å². The number of aromatic amines is 1. The first kappa shape index (κ1) is 42.3. The molecule has 7 N–H and O–H groups in total. The normalized spacial score (nSPS) is 13.8. The summed E-state index contributed by atoms with van der Waals surface area (Å²) in [7, 11) is 0. The molecule has 14 nitrogen and oxygen atoms in total. The monoisotopic (exact) mass is 835 g/mol. The van der Waals surface area contributed by atoms with Crippen LogP contribution >= 0.6 is 35.6 Å². The van der Waals surface area contributed by atoms with E-state index in [0.717, 1.165) is 84.7 Å². The number of aromatic nitrogens is 1. The van der Waals surface area contributed by atoms with Crippen LogP contribution in [0.3, 0.4) is 0 Å². The zero-order valence-electron chi connectivity index (χ0n) is 30.6. The van der Waals surface area contributed by atoms with Crippen molar-refractivity contribution < 1.29 is 18.6 Å². The molecule has 0 spiro atoms. The van der Waals surface area contributed by atoms with Gasteiger partial charge in [0, 0.05) is 36.2 Å². The maximum Gasteiger partial charge on any atom is 0.417 e. The van der Waals surface area contributed by atoms with Gasteiger partial charge < -0.3 is 45.6 Å². The number of nitrogens with zero attached hydrogens (tertiary/aromatic N) is 2. The molecular formula is C40H40Cl3N7O7. The lowest BCUT2D eigenvalue weighted by atomic mass is 10.1. The fourth-order valence-corrected chi connectivity index (χ4v) is 6.30. The van der Waals surface area contributed by atoms with Crippen LogP contribution in [0.4, 0.5) is 28.4 Å². The Morgan fingerprint density at radius 3 is 2.05 bits per heavy atom. The summed E-state index contributed by atoms with van der Waals surface area (Å²) in [4.78, 5) is 38.0. The van der Waals surface area contributed by atoms with Crippen molar-refractivity contribution in [1.29, 1.82) is 5.26 Å². The van der Waals surface area contributed by atoms with Crippen LogP contribution in [-0.2, 0) is 6.54 Å². The third-order valence-electron chi connectivity index (χ3n) is 8.74. The molecule has 3 aliphatic rings. The first-order valence-corrected chi connectivity index (χ1v) is 18.6. The fraction of sp³-hybridized carbons (Fsp3) is 0.250. The zero-order valence-corrected chi connectivity index (χ0v) is 32.9. The molecule has 1 aromatic heterocycles. The van der Waals surface area contributed by atoms with Gasteiger partial charge in [-0.1, -0.05) is 29.3 Å². The molecule has 9 rings (SSSR count). The van der Waals surface area contributed by atoms with Crippen LogP contribution in [0.1, 0.15) is 30.4 Å². The molecular weight excluding hydrogens is 797 g/mol. The molecule has 3 aliphatic heterocycles. The lowest BCUT2D eigenvalue weighted by molar-refractivity contribution is 0.322. The number of nitrogens with two attached hydrogens (primary N) is 2. The van der Waals surface area contributed by atoms with Crippen LogP contribution in [-0.4, -0.2) is 44.4 Å². The van der Waals surface area contributed by atoms with E-state index in [-0.39, 0.29) is 23.8 Å². The largest absolute Gasteiger partial charge is 0.491 e. The van der Waals surface area contributed by atoms with Gasteiger partial charge in [-0.25, -0.2) is 4.79 Å². The number of rotatable bonds is 2. The molecule has 0 fully saturated rings. The average Bonchev–Trinajstić information content (AvgIpc) is 3.44. The van der Waals surface area contributed by atoms with Crippen molar-refractivity contribution in [2.24, 2.45) is 5.73 Å². The van der Waals surface area contributed by atoms with Crippen molar-refractivity contribution in [2.75, 3.05) is 60.7 Å². The minimum Gasteiger partial charge on any atom is -0.491 e. The Kier molecular flexibility index (Phi) is 14.7. The van der Waals surface area contributed by atoms with Crippen molar-refractivity contribution >= 4 is 75.1 Å². The molecule has 0 radical (unpaired) electrons. The summed E-state index contributed by atoms with van der Waals surface area (Å²) >= 11 is 11.5. The van der Waals surface area contributed by atoms with E-state index in [2.05, 4.69) is 21.7 Å². The molecule has 57 heavy (non-hydrogen) atoms. The molecule has 17 heteroatoms. The standard InChI is InChI=1S/C14H15N3O3.C10H10N2O.C9H10ClNO.C7H4ClNO2.ClH/c15-7-8-2-3-10-9(6-8)17(4-1-5-20-10)12-11(16)13(18)14(12)19;11-7-8-2-3-10-9(6-8)12-4-1-5-13-10;10-7-2-3-9-8(6-7)11-4-1-5-12-9;8-4-1-2-6-5(3-4)9-7(10)11-6;/h2-3,6H,1,4-5,7,15-16H2;2-3,6,12H,1,4-5H2;2-3,6,11H,1,4-5H2;1-3H,(H,9,10);1H. The lowest BCUT2D eigenvalue weighted by Gasteiger charge is -2.25. The number of oxazole rings is 1. The summed E-state index contributed by atoms with van der Waals surface area (Å²) in [5.74, 6) is 1.96. The number of anilines is 5. The van der Waals surface area contributed by atoms with Crippen LogP contribution in [0.25, 0.3) is 11.1 Å². The maximum absolute atomic E-state index is 11.8. The Labute approximate surface area is 343 Å². The van der Waals surface area contributed by atoms with Gasteiger partial charge in [0.1, 0.15) is 28.6 Å². The molecule has 5 aromatic carbocycles. The number of hydrogen-bond acceptors (Lipinski definition) is 13. The molecule has 0 amide bonds. The highest BCUT2D eigenvalue weighted by Gasteiger charge is 2.28. The van der Waals surface area contributed by atoms with Gasteiger partial charge in [-0.3, -0.25) is 14.6 Å². The summed E-state index contributed by atoms with van der Waals surface area (Å²) in [5.41, 5.74) is 15.9. The van der Waals surface area contributed by atoms with Gasteiger partial charge in [0.05, 0.1) is 54.0 Å². The Morgan fingerprint density at radius 1 is 0.754 bits per heavy atom. The maximum atomic E-state index is 11.8. The van der Waals surface area contributed by atoms with E-state index in [1.165, 1.54) is 0 Å². The number of hydrogen-bond donors (Lipinski definition) is 5. The summed E-state index contributed by atoms with van der Waals surface area (Å²) in [6, 6.07) is 23.7. The van der Waals surface area contributed by atoms with Gasteiger partial charge in [0.15, 0.2) is 5.58 Å². The Hall–Kier alpha value is -5.85. The molecule has 6 aromatic rings. The third-order valence-corrected chi connectivity index (χ3v) is 9.21. The summed E-state index contributed by atoms with van der Waals surface area (Å²) in [6.45, 7) is 4.90. The molecule has 0 saturated carbocycles. The van der Waals surface area contributed by atoms with Crippen molar-refractivity contribution in [1.82, 2.24) is 4.98 Å². The van der Waals surface area contributed by atoms with E-state index >= 15 is 0 Å². The van der Waals surface area contributed by atoms with Crippen molar-refractivity contribution in [2.45, 2.75) is 25.8 Å². The van der Waals surface area contributed by atoms with Crippen molar-refractivity contribution in [3.63, 3.8) is 0 Å². The smallest absolute Gasteiger partial charge is 0.417 e. The van der Waals surface area contributed by atoms with Gasteiger partial charge in [-0.2, -0.15) is 5.26 Å². The average molecular weight is 837 g/mol. The van der Waals surface area contributed by atoms with Gasteiger partial charge in [-0.15, -0.1) is 12.4 Å². The second kappa shape index (κ2) is 19.8. The van der Waals surface area contributed by atoms with Crippen LogP contribution < -0.4 is 57.8 Å². The van der Waals surface area contributed by atoms with Crippen LogP contribution in [0.2, 0.25) is 10.0 Å². The number of nitrogen functional groups attached to an aromatic ring is 1. The van der Waals surface area contributed by atoms with E-state index in [4.69, 9.17) is 58.6 Å². The number of ether oxygens (including phenoxy) is 3. The summed E-state index contributed by atoms with van der Waals surface area (Å²) in [6.07, 6.45) is 2.77. The number of fused-ring (bicyclic) bond motifs is 4. The molecule has 4 heterocycles. The minimum absolute atomic E-state index is 0. The predicted octanol–water partition coefficient (Wildman–Crippen LogP) is 6.73. The summed E-state index contributed by atoms with van der Waals surface area (Å²) in [5, 5.41) is 16.5. The molecule has 0 unspecified atom stereocenters. The highest BCUT2D eigenvalue weighted by Crippen LogP contribution is 2.37. The van der Waals surface area contributed by atoms with E-state index in [1.807, 2.05) is 48.5 Å². The van der Waals surface area contributed by atoms with E-state index in [9.17, 15) is 14.4 Å². The molecule has 0 aliphatic carbocycles. The summed E-state index contributed by atoms with van der Waals surface area (Å²) < 4.78 is 21.4. The first-order valence-electron chi connectivity index (χ1n) is 17.8. The number of halogens is 3. The van der Waals surface area contributed by atoms with Crippen molar-refractivity contribution in [3.8, 4) is 23.3 Å². The minimum atomic E-state index is -0.610. The van der Waals surface area contributed by atoms with Crippen LogP contribution in [0.15, 0.2) is 91.6 Å². The highest BCUT2D eigenvalue weighted by atomic mass is 35.5. The molecule has 298 valence electrons. The van der Waals surface area contributed by atoms with Gasteiger partial charge in [0.2, 0.25) is 0 Å². The fourth-order valence-electron chi connectivity index (χ4n) is 5.95. The van der Waals surface area contributed by atoms with Crippen LogP contribution in [0.5, 0.6) is 17.2 Å². The Morgan fingerprint density at radius 2 is 1.37 bits per heavy atom. The number of H-pyrrole nitrogens is 1. The van der Waals surface area contributed by atoms with Crippen LogP contribution in [0, 0.1) is 11.3 Å². The van der Waals surface area contributed by atoms with Gasteiger partial charge in [-0.05, 0) is 91.6 Å². The quantitative estimate of drug-likeness (QED) is 0.115. The Balaban J connectivity index is 0.000000149. The van der Waals surface area contributed by atoms with E-state index < -0.39 is 16.6 Å². The number of benzene rings is 4. The third kappa shape index (κ3) is 10.5. The predicted molar refractivity (Wildman–Crippen MR) is 226 cm³/mol. The highest BCUT2D eigenvalue weighted by molar-refractivity contribution is 6.31. The van der Waals surface area contributed by atoms with E-state index in [0.29, 0.717) is 47.1 Å². The van der Waals surface area contributed by atoms with Gasteiger partial charge >= 0.3 is 5.76 Å². The number of nitrogens with one attached hydrogen (secondary N) is 3. The second-order valence-corrected chi connectivity index (χ2v) is 13.5. The second-order valence-electron chi connectivity index (χ2n) is 12.7. The lowest BCUT2D eigenvalue weighted by Crippen LogP contribution is -2.41. The zero-order chi connectivity index (χ0) is 39.6. The molecule has 0 saturated heterocycles. The van der Waals surface area contributed by atoms with Gasteiger partial charge in [0.25, 0.3) is 10.9 Å². The number of nitriles is 1. The van der Waals surface area contributed by atoms with E-state index in [1.54, 1.807) is 29.2 Å². The Bertz CT molecular complexity index is 2490. The molecule has 0 bridgehead atoms. The first-order chi connectivity index (χ1) is 27.1. The topological polar surface area (TPSA) is 211 Å².